The van der Waals surface area contributed by atoms with Crippen molar-refractivity contribution in [1.82, 2.24) is 20.4 Å². The van der Waals surface area contributed by atoms with Gasteiger partial charge in [0, 0.05) is 23.2 Å². The van der Waals surface area contributed by atoms with Crippen LogP contribution in [0.1, 0.15) is 51.0 Å². The van der Waals surface area contributed by atoms with Crippen LogP contribution in [0, 0.1) is 0 Å². The standard InChI is InChI=1S/C15H24N4O2/c1-14(2)8-10(9-15(3,4)18-14)16-13(20)11-7-12-19(17-11)5-6-21-12/h7,10,18H,5-6,8-9H2,1-4H3,(H,16,20). The van der Waals surface area contributed by atoms with Gasteiger partial charge in [-0.05, 0) is 40.5 Å². The highest BCUT2D eigenvalue weighted by atomic mass is 16.5. The first-order valence-corrected chi connectivity index (χ1v) is 7.55. The van der Waals surface area contributed by atoms with Crippen molar-refractivity contribution in [3.8, 4) is 5.88 Å². The Morgan fingerprint density at radius 1 is 1.38 bits per heavy atom. The third-order valence-electron chi connectivity index (χ3n) is 4.05. The second-order valence-electron chi connectivity index (χ2n) is 7.41. The second-order valence-corrected chi connectivity index (χ2v) is 7.41. The molecule has 3 heterocycles. The van der Waals surface area contributed by atoms with E-state index in [1.165, 1.54) is 0 Å². The number of amides is 1. The Kier molecular flexibility index (Phi) is 3.24. The van der Waals surface area contributed by atoms with E-state index in [1.807, 2.05) is 0 Å². The number of nitrogens with one attached hydrogen (secondary N) is 2. The lowest BCUT2D eigenvalue weighted by Gasteiger charge is -2.46. The largest absolute Gasteiger partial charge is 0.476 e. The van der Waals surface area contributed by atoms with Crippen molar-refractivity contribution in [2.24, 2.45) is 0 Å². The van der Waals surface area contributed by atoms with E-state index in [-0.39, 0.29) is 23.0 Å². The van der Waals surface area contributed by atoms with Crippen LogP contribution < -0.4 is 15.4 Å². The van der Waals surface area contributed by atoms with E-state index in [0.717, 1.165) is 19.4 Å². The predicted octanol–water partition coefficient (Wildman–Crippen LogP) is 1.31. The maximum atomic E-state index is 12.4. The molecule has 0 spiro atoms. The molecule has 0 unspecified atom stereocenters. The minimum absolute atomic E-state index is 0.0127. The normalized spacial score (nSPS) is 23.4. The van der Waals surface area contributed by atoms with Crippen molar-refractivity contribution < 1.29 is 9.53 Å². The average Bonchev–Trinajstić information content (AvgIpc) is 2.82. The van der Waals surface area contributed by atoms with Gasteiger partial charge in [0.1, 0.15) is 6.61 Å². The number of hydrogen-bond acceptors (Lipinski definition) is 4. The molecular weight excluding hydrogens is 268 g/mol. The fraction of sp³-hybridized carbons (Fsp3) is 0.733. The van der Waals surface area contributed by atoms with Crippen LogP contribution in [0.25, 0.3) is 0 Å². The summed E-state index contributed by atoms with van der Waals surface area (Å²) in [6.45, 7) is 10.0. The van der Waals surface area contributed by atoms with E-state index in [1.54, 1.807) is 10.7 Å². The van der Waals surface area contributed by atoms with Crippen LogP contribution in [0.3, 0.4) is 0 Å². The van der Waals surface area contributed by atoms with Crippen LogP contribution in [0.5, 0.6) is 5.88 Å². The summed E-state index contributed by atoms with van der Waals surface area (Å²) in [5.74, 6) is 0.574. The summed E-state index contributed by atoms with van der Waals surface area (Å²) < 4.78 is 7.14. The van der Waals surface area contributed by atoms with E-state index in [0.29, 0.717) is 18.2 Å². The molecule has 0 aliphatic carbocycles. The zero-order valence-electron chi connectivity index (χ0n) is 13.2. The van der Waals surface area contributed by atoms with Gasteiger partial charge in [-0.15, -0.1) is 0 Å². The Bertz CT molecular complexity index is 525. The second kappa shape index (κ2) is 4.73. The number of carbonyl (C=O) groups excluding carboxylic acids is 1. The minimum Gasteiger partial charge on any atom is -0.476 e. The highest BCUT2D eigenvalue weighted by molar-refractivity contribution is 5.92. The monoisotopic (exact) mass is 292 g/mol. The molecule has 0 bridgehead atoms. The molecular formula is C15H24N4O2. The lowest BCUT2D eigenvalue weighted by atomic mass is 9.79. The summed E-state index contributed by atoms with van der Waals surface area (Å²) in [7, 11) is 0. The molecule has 116 valence electrons. The third kappa shape index (κ3) is 3.05. The van der Waals surface area contributed by atoms with Crippen LogP contribution in [-0.4, -0.2) is 39.4 Å². The zero-order valence-corrected chi connectivity index (χ0v) is 13.2. The average molecular weight is 292 g/mol. The molecule has 0 aromatic carbocycles. The molecule has 1 aromatic rings. The molecule has 0 saturated carbocycles. The zero-order chi connectivity index (χ0) is 15.3. The van der Waals surface area contributed by atoms with Gasteiger partial charge in [0.2, 0.25) is 5.88 Å². The van der Waals surface area contributed by atoms with E-state index in [4.69, 9.17) is 4.74 Å². The maximum Gasteiger partial charge on any atom is 0.272 e. The van der Waals surface area contributed by atoms with Crippen molar-refractivity contribution >= 4 is 5.91 Å². The molecule has 6 heteroatoms. The first-order valence-electron chi connectivity index (χ1n) is 7.55. The molecule has 1 saturated heterocycles. The van der Waals surface area contributed by atoms with Gasteiger partial charge in [-0.2, -0.15) is 5.10 Å². The van der Waals surface area contributed by atoms with Crippen LogP contribution in [0.4, 0.5) is 0 Å². The summed E-state index contributed by atoms with van der Waals surface area (Å²) in [4.78, 5) is 12.4. The van der Waals surface area contributed by atoms with Crippen molar-refractivity contribution in [3.05, 3.63) is 11.8 Å². The number of ether oxygens (including phenoxy) is 1. The number of aromatic nitrogens is 2. The fourth-order valence-corrected chi connectivity index (χ4v) is 3.71. The molecule has 1 amide bonds. The van der Waals surface area contributed by atoms with Crippen molar-refractivity contribution in [1.29, 1.82) is 0 Å². The minimum atomic E-state index is -0.112. The summed E-state index contributed by atoms with van der Waals surface area (Å²) >= 11 is 0. The van der Waals surface area contributed by atoms with Gasteiger partial charge in [0.15, 0.2) is 5.69 Å². The fourth-order valence-electron chi connectivity index (χ4n) is 3.71. The maximum absolute atomic E-state index is 12.4. The quantitative estimate of drug-likeness (QED) is 0.862. The predicted molar refractivity (Wildman–Crippen MR) is 79.5 cm³/mol. The van der Waals surface area contributed by atoms with Gasteiger partial charge >= 0.3 is 0 Å². The molecule has 1 aromatic heterocycles. The Morgan fingerprint density at radius 3 is 2.67 bits per heavy atom. The van der Waals surface area contributed by atoms with Crippen molar-refractivity contribution in [2.75, 3.05) is 6.61 Å². The molecule has 21 heavy (non-hydrogen) atoms. The summed E-state index contributed by atoms with van der Waals surface area (Å²) in [6, 6.07) is 1.88. The molecule has 2 aliphatic rings. The molecule has 0 radical (unpaired) electrons. The first-order chi connectivity index (χ1) is 9.74. The van der Waals surface area contributed by atoms with Crippen LogP contribution in [-0.2, 0) is 6.54 Å². The molecule has 3 rings (SSSR count). The number of fused-ring (bicyclic) bond motifs is 1. The van der Waals surface area contributed by atoms with E-state index in [9.17, 15) is 4.79 Å². The molecule has 0 atom stereocenters. The van der Waals surface area contributed by atoms with Crippen molar-refractivity contribution in [3.63, 3.8) is 0 Å². The Labute approximate surface area is 125 Å². The van der Waals surface area contributed by atoms with Crippen LogP contribution in [0.15, 0.2) is 6.07 Å². The van der Waals surface area contributed by atoms with Gasteiger partial charge in [-0.25, -0.2) is 4.68 Å². The van der Waals surface area contributed by atoms with E-state index in [2.05, 4.69) is 43.4 Å². The summed E-state index contributed by atoms with van der Waals surface area (Å²) in [5.41, 5.74) is 0.469. The Hall–Kier alpha value is -1.56. The number of piperidine rings is 1. The highest BCUT2D eigenvalue weighted by Gasteiger charge is 2.38. The third-order valence-corrected chi connectivity index (χ3v) is 4.05. The summed E-state index contributed by atoms with van der Waals surface area (Å²) in [6.07, 6.45) is 1.82. The topological polar surface area (TPSA) is 68.2 Å². The highest BCUT2D eigenvalue weighted by Crippen LogP contribution is 2.28. The van der Waals surface area contributed by atoms with Crippen molar-refractivity contribution in [2.45, 2.75) is 64.2 Å². The smallest absolute Gasteiger partial charge is 0.272 e. The molecule has 6 nitrogen and oxygen atoms in total. The number of rotatable bonds is 2. The number of carbonyl (C=O) groups is 1. The number of nitrogens with zero attached hydrogens (tertiary/aromatic N) is 2. The number of hydrogen-bond donors (Lipinski definition) is 2. The van der Waals surface area contributed by atoms with Crippen LogP contribution in [0.2, 0.25) is 0 Å². The van der Waals surface area contributed by atoms with Gasteiger partial charge in [-0.3, -0.25) is 4.79 Å². The Balaban J connectivity index is 1.69. The SMILES string of the molecule is CC1(C)CC(NC(=O)c2cc3n(n2)CCO3)CC(C)(C)N1. The lowest BCUT2D eigenvalue weighted by Crippen LogP contribution is -2.62. The van der Waals surface area contributed by atoms with E-state index < -0.39 is 0 Å². The molecule has 2 aliphatic heterocycles. The first kappa shape index (κ1) is 14.4. The molecule has 1 fully saturated rings. The van der Waals surface area contributed by atoms with Crippen LogP contribution >= 0.6 is 0 Å². The summed E-state index contributed by atoms with van der Waals surface area (Å²) in [5, 5.41) is 11.0. The van der Waals surface area contributed by atoms with Gasteiger partial charge in [-0.1, -0.05) is 0 Å². The van der Waals surface area contributed by atoms with Gasteiger partial charge < -0.3 is 15.4 Å². The van der Waals surface area contributed by atoms with Gasteiger partial charge in [0.05, 0.1) is 6.54 Å². The van der Waals surface area contributed by atoms with E-state index >= 15 is 0 Å². The lowest BCUT2D eigenvalue weighted by molar-refractivity contribution is 0.0867. The Morgan fingerprint density at radius 2 is 2.05 bits per heavy atom. The van der Waals surface area contributed by atoms with Gasteiger partial charge in [0.25, 0.3) is 5.91 Å². The molecule has 2 N–H and O–H groups in total.